The summed E-state index contributed by atoms with van der Waals surface area (Å²) in [5.41, 5.74) is 1.10. The van der Waals surface area contributed by atoms with Crippen molar-refractivity contribution in [2.45, 2.75) is 51.3 Å². The van der Waals surface area contributed by atoms with Crippen LogP contribution in [-0.2, 0) is 16.6 Å². The van der Waals surface area contributed by atoms with Crippen LogP contribution < -0.4 is 5.32 Å². The van der Waals surface area contributed by atoms with Gasteiger partial charge in [-0.1, -0.05) is 37.1 Å². The van der Waals surface area contributed by atoms with E-state index in [0.717, 1.165) is 42.1 Å². The zero-order valence-electron chi connectivity index (χ0n) is 12.5. The normalized spacial score (nSPS) is 14.2. The average molecular weight is 316 g/mol. The molecular weight excluding hydrogens is 290 g/mol. The third kappa shape index (κ3) is 8.03. The molecule has 0 aromatic heterocycles. The fourth-order valence-electron chi connectivity index (χ4n) is 2.05. The number of hydrogen-bond donors (Lipinski definition) is 1. The number of halogens is 1. The maximum atomic E-state index is 12.0. The van der Waals surface area contributed by atoms with Crippen LogP contribution in [0.2, 0.25) is 5.02 Å². The monoisotopic (exact) mass is 315 g/mol. The summed E-state index contributed by atoms with van der Waals surface area (Å²) in [7, 11) is -0.761. The molecule has 1 rings (SSSR count). The third-order valence-corrected chi connectivity index (χ3v) is 4.89. The number of rotatable bonds is 10. The summed E-state index contributed by atoms with van der Waals surface area (Å²) in [4.78, 5) is 0. The van der Waals surface area contributed by atoms with Crippen LogP contribution in [0.5, 0.6) is 0 Å². The zero-order chi connectivity index (χ0) is 14.8. The Balaban J connectivity index is 2.12. The van der Waals surface area contributed by atoms with Crippen molar-refractivity contribution in [3.05, 3.63) is 34.9 Å². The summed E-state index contributed by atoms with van der Waals surface area (Å²) in [5, 5.41) is 4.21. The minimum absolute atomic E-state index is 0.569. The van der Waals surface area contributed by atoms with E-state index in [0.29, 0.717) is 11.8 Å². The van der Waals surface area contributed by atoms with Gasteiger partial charge >= 0.3 is 0 Å². The average Bonchev–Trinajstić information content (AvgIpc) is 2.44. The molecule has 114 valence electrons. The second-order valence-electron chi connectivity index (χ2n) is 5.27. The highest BCUT2D eigenvalue weighted by molar-refractivity contribution is 7.84. The lowest BCUT2D eigenvalue weighted by molar-refractivity contribution is 0.495. The van der Waals surface area contributed by atoms with E-state index in [9.17, 15) is 4.21 Å². The Morgan fingerprint density at radius 1 is 1.25 bits per heavy atom. The third-order valence-electron chi connectivity index (χ3n) is 3.24. The fourth-order valence-corrected chi connectivity index (χ4v) is 3.41. The molecule has 1 aromatic rings. The first-order valence-electron chi connectivity index (χ1n) is 7.44. The molecule has 20 heavy (non-hydrogen) atoms. The first-order chi connectivity index (χ1) is 9.61. The molecule has 0 aliphatic carbocycles. The molecule has 0 radical (unpaired) electrons. The predicted molar refractivity (Wildman–Crippen MR) is 89.8 cm³/mol. The molecule has 0 saturated carbocycles. The Labute approximate surface area is 130 Å². The topological polar surface area (TPSA) is 29.1 Å². The lowest BCUT2D eigenvalue weighted by Gasteiger charge is -2.12. The number of benzene rings is 1. The molecule has 0 aliphatic heterocycles. The molecule has 0 heterocycles. The lowest BCUT2D eigenvalue weighted by Crippen LogP contribution is -2.26. The van der Waals surface area contributed by atoms with Crippen LogP contribution in [0, 0.1) is 0 Å². The van der Waals surface area contributed by atoms with E-state index >= 15 is 0 Å². The molecule has 2 unspecified atom stereocenters. The van der Waals surface area contributed by atoms with Gasteiger partial charge in [0.05, 0.1) is 0 Å². The van der Waals surface area contributed by atoms with Crippen LogP contribution in [0.15, 0.2) is 24.3 Å². The fraction of sp³-hybridized carbons (Fsp3) is 0.625. The lowest BCUT2D eigenvalue weighted by atomic mass is 10.1. The molecule has 0 amide bonds. The van der Waals surface area contributed by atoms with E-state index in [1.807, 2.05) is 24.3 Å². The Hall–Kier alpha value is -0.380. The van der Waals surface area contributed by atoms with Gasteiger partial charge in [-0.05, 0) is 50.4 Å². The molecule has 1 aromatic carbocycles. The quantitative estimate of drug-likeness (QED) is 0.657. The van der Waals surface area contributed by atoms with Gasteiger partial charge in [0.25, 0.3) is 0 Å². The number of hydrogen-bond acceptors (Lipinski definition) is 2. The molecule has 0 fully saturated rings. The van der Waals surface area contributed by atoms with Gasteiger partial charge in [0, 0.05) is 33.4 Å². The van der Waals surface area contributed by atoms with E-state index in [1.165, 1.54) is 6.42 Å². The van der Waals surface area contributed by atoms with Gasteiger partial charge in [-0.3, -0.25) is 4.21 Å². The summed E-state index contributed by atoms with van der Waals surface area (Å²) in [6.07, 6.45) is 4.52. The molecule has 0 aliphatic rings. The smallest absolute Gasteiger partial charge is 0.0485 e. The molecule has 2 atom stereocenters. The van der Waals surface area contributed by atoms with Crippen LogP contribution in [0.3, 0.4) is 0 Å². The molecule has 0 saturated heterocycles. The van der Waals surface area contributed by atoms with Gasteiger partial charge < -0.3 is 5.32 Å². The van der Waals surface area contributed by atoms with E-state index in [4.69, 9.17) is 11.6 Å². The first kappa shape index (κ1) is 17.7. The van der Waals surface area contributed by atoms with Crippen molar-refractivity contribution < 1.29 is 4.21 Å². The van der Waals surface area contributed by atoms with E-state index < -0.39 is 10.8 Å². The minimum atomic E-state index is -0.761. The zero-order valence-corrected chi connectivity index (χ0v) is 14.1. The highest BCUT2D eigenvalue weighted by Gasteiger charge is 2.04. The van der Waals surface area contributed by atoms with Crippen molar-refractivity contribution in [1.82, 2.24) is 5.32 Å². The van der Waals surface area contributed by atoms with Gasteiger partial charge in [0.15, 0.2) is 0 Å². The van der Waals surface area contributed by atoms with Gasteiger partial charge in [-0.25, -0.2) is 0 Å². The van der Waals surface area contributed by atoms with Crippen molar-refractivity contribution in [1.29, 1.82) is 0 Å². The molecule has 0 spiro atoms. The SMILES string of the molecule is CCCNC(C)CCCCS(=O)Cc1ccc(Cl)cc1. The van der Waals surface area contributed by atoms with Crippen molar-refractivity contribution in [2.24, 2.45) is 0 Å². The van der Waals surface area contributed by atoms with Crippen molar-refractivity contribution in [3.63, 3.8) is 0 Å². The highest BCUT2D eigenvalue weighted by atomic mass is 35.5. The van der Waals surface area contributed by atoms with Crippen LogP contribution in [-0.4, -0.2) is 22.5 Å². The van der Waals surface area contributed by atoms with Gasteiger partial charge in [0.2, 0.25) is 0 Å². The maximum absolute atomic E-state index is 12.0. The summed E-state index contributed by atoms with van der Waals surface area (Å²) < 4.78 is 12.0. The molecular formula is C16H26ClNOS. The van der Waals surface area contributed by atoms with Crippen LogP contribution >= 0.6 is 11.6 Å². The second-order valence-corrected chi connectivity index (χ2v) is 7.28. The van der Waals surface area contributed by atoms with E-state index in [-0.39, 0.29) is 0 Å². The second kappa shape index (κ2) is 10.4. The molecule has 2 nitrogen and oxygen atoms in total. The van der Waals surface area contributed by atoms with Crippen molar-refractivity contribution in [3.8, 4) is 0 Å². The molecule has 0 bridgehead atoms. The van der Waals surface area contributed by atoms with E-state index in [1.54, 1.807) is 0 Å². The van der Waals surface area contributed by atoms with E-state index in [2.05, 4.69) is 19.2 Å². The van der Waals surface area contributed by atoms with Crippen molar-refractivity contribution >= 4 is 22.4 Å². The summed E-state index contributed by atoms with van der Waals surface area (Å²) >= 11 is 5.83. The highest BCUT2D eigenvalue weighted by Crippen LogP contribution is 2.12. The Bertz CT molecular complexity index is 394. The standard InChI is InChI=1S/C16H26ClNOS/c1-3-11-18-14(2)6-4-5-12-20(19)13-15-7-9-16(17)10-8-15/h7-10,14,18H,3-6,11-13H2,1-2H3. The Morgan fingerprint density at radius 3 is 2.60 bits per heavy atom. The van der Waals surface area contributed by atoms with Gasteiger partial charge in [-0.2, -0.15) is 0 Å². The molecule has 1 N–H and O–H groups in total. The number of nitrogens with one attached hydrogen (secondary N) is 1. The van der Waals surface area contributed by atoms with Crippen molar-refractivity contribution in [2.75, 3.05) is 12.3 Å². The maximum Gasteiger partial charge on any atom is 0.0485 e. The summed E-state index contributed by atoms with van der Waals surface area (Å²) in [6.45, 7) is 5.49. The largest absolute Gasteiger partial charge is 0.314 e. The summed E-state index contributed by atoms with van der Waals surface area (Å²) in [5.74, 6) is 1.43. The van der Waals surface area contributed by atoms with Gasteiger partial charge in [0.1, 0.15) is 0 Å². The number of unbranched alkanes of at least 4 members (excludes halogenated alkanes) is 1. The minimum Gasteiger partial charge on any atom is -0.314 e. The summed E-state index contributed by atoms with van der Waals surface area (Å²) in [6, 6.07) is 8.19. The Morgan fingerprint density at radius 2 is 1.95 bits per heavy atom. The van der Waals surface area contributed by atoms with Crippen LogP contribution in [0.4, 0.5) is 0 Å². The molecule has 4 heteroatoms. The Kier molecular flexibility index (Phi) is 9.16. The van der Waals surface area contributed by atoms with Crippen LogP contribution in [0.1, 0.15) is 45.1 Å². The van der Waals surface area contributed by atoms with Gasteiger partial charge in [-0.15, -0.1) is 0 Å². The van der Waals surface area contributed by atoms with Crippen LogP contribution in [0.25, 0.3) is 0 Å². The predicted octanol–water partition coefficient (Wildman–Crippen LogP) is 4.15. The first-order valence-corrected chi connectivity index (χ1v) is 9.31.